The van der Waals surface area contributed by atoms with Crippen molar-refractivity contribution >= 4 is 5.91 Å². The minimum Gasteiger partial charge on any atom is -0.353 e. The predicted octanol–water partition coefficient (Wildman–Crippen LogP) is 1.18. The molecule has 1 amide bonds. The number of amides is 1. The van der Waals surface area contributed by atoms with Crippen molar-refractivity contribution in [2.45, 2.75) is 44.9 Å². The Hall–Kier alpha value is -0.780. The van der Waals surface area contributed by atoms with Gasteiger partial charge in [0, 0.05) is 12.1 Å². The van der Waals surface area contributed by atoms with Crippen molar-refractivity contribution in [2.24, 2.45) is 5.73 Å². The second-order valence-corrected chi connectivity index (χ2v) is 3.47. The Morgan fingerprint density at radius 3 is 2.29 bits per heavy atom. The average molecular weight is 212 g/mol. The van der Waals surface area contributed by atoms with Crippen LogP contribution in [0.15, 0.2) is 0 Å². The zero-order chi connectivity index (χ0) is 11.4. The summed E-state index contributed by atoms with van der Waals surface area (Å²) in [6, 6.07) is -0.471. The third-order valence-corrected chi connectivity index (χ3v) is 1.49. The van der Waals surface area contributed by atoms with E-state index in [1.807, 2.05) is 0 Å². The fourth-order valence-corrected chi connectivity index (χ4v) is 1.12. The highest BCUT2D eigenvalue weighted by molar-refractivity contribution is 5.76. The number of halogens is 3. The quantitative estimate of drug-likeness (QED) is 0.735. The monoisotopic (exact) mass is 212 g/mol. The molecular formula is C8H15F3N2O. The summed E-state index contributed by atoms with van der Waals surface area (Å²) in [6.07, 6.45) is -5.42. The molecule has 0 aliphatic heterocycles. The number of alkyl halides is 3. The molecule has 3 nitrogen and oxygen atoms in total. The van der Waals surface area contributed by atoms with E-state index in [0.717, 1.165) is 0 Å². The van der Waals surface area contributed by atoms with Crippen LogP contribution in [0.3, 0.4) is 0 Å². The first kappa shape index (κ1) is 13.2. The molecular weight excluding hydrogens is 197 g/mol. The first-order chi connectivity index (χ1) is 6.20. The van der Waals surface area contributed by atoms with Gasteiger partial charge < -0.3 is 11.1 Å². The summed E-state index contributed by atoms with van der Waals surface area (Å²) in [5.74, 6) is -1.01. The summed E-state index contributed by atoms with van der Waals surface area (Å²) < 4.78 is 35.2. The second kappa shape index (κ2) is 5.19. The minimum atomic E-state index is -4.45. The molecule has 84 valence electrons. The van der Waals surface area contributed by atoms with Gasteiger partial charge in [-0.05, 0) is 20.3 Å². The van der Waals surface area contributed by atoms with Crippen LogP contribution in [0, 0.1) is 0 Å². The van der Waals surface area contributed by atoms with Crippen molar-refractivity contribution in [3.8, 4) is 0 Å². The Morgan fingerprint density at radius 1 is 1.43 bits per heavy atom. The number of nitrogens with two attached hydrogens (primary N) is 1. The van der Waals surface area contributed by atoms with Crippen molar-refractivity contribution in [1.29, 1.82) is 0 Å². The third-order valence-electron chi connectivity index (χ3n) is 1.49. The molecule has 2 atom stereocenters. The molecule has 14 heavy (non-hydrogen) atoms. The molecule has 2 unspecified atom stereocenters. The van der Waals surface area contributed by atoms with E-state index < -0.39 is 18.5 Å². The molecule has 6 heteroatoms. The topological polar surface area (TPSA) is 55.1 Å². The molecule has 0 aromatic rings. The van der Waals surface area contributed by atoms with Crippen LogP contribution in [0.1, 0.15) is 26.7 Å². The highest BCUT2D eigenvalue weighted by atomic mass is 19.4. The van der Waals surface area contributed by atoms with Gasteiger partial charge in [-0.3, -0.25) is 4.79 Å². The number of hydrogen-bond donors (Lipinski definition) is 2. The molecule has 0 spiro atoms. The van der Waals surface area contributed by atoms with Crippen LogP contribution in [0.25, 0.3) is 0 Å². The number of nitrogens with one attached hydrogen (secondary N) is 1. The van der Waals surface area contributed by atoms with Gasteiger partial charge >= 0.3 is 6.18 Å². The number of carbonyl (C=O) groups excluding carboxylic acids is 1. The number of rotatable bonds is 4. The summed E-state index contributed by atoms with van der Waals surface area (Å²) in [4.78, 5) is 10.8. The maximum absolute atomic E-state index is 11.7. The zero-order valence-corrected chi connectivity index (χ0v) is 8.19. The van der Waals surface area contributed by atoms with Crippen LogP contribution in [0.2, 0.25) is 0 Å². The van der Waals surface area contributed by atoms with E-state index in [9.17, 15) is 18.0 Å². The highest BCUT2D eigenvalue weighted by Gasteiger charge is 2.31. The van der Waals surface area contributed by atoms with Gasteiger partial charge in [-0.25, -0.2) is 0 Å². The average Bonchev–Trinajstić information content (AvgIpc) is 1.77. The molecule has 0 aliphatic carbocycles. The lowest BCUT2D eigenvalue weighted by Crippen LogP contribution is -2.38. The van der Waals surface area contributed by atoms with Crippen molar-refractivity contribution in [3.63, 3.8) is 0 Å². The maximum Gasteiger partial charge on any atom is 0.397 e. The van der Waals surface area contributed by atoms with Crippen LogP contribution in [0.4, 0.5) is 13.2 Å². The Morgan fingerprint density at radius 2 is 1.93 bits per heavy atom. The Balaban J connectivity index is 3.83. The van der Waals surface area contributed by atoms with E-state index >= 15 is 0 Å². The largest absolute Gasteiger partial charge is 0.397 e. The van der Waals surface area contributed by atoms with Crippen molar-refractivity contribution < 1.29 is 18.0 Å². The molecule has 0 aromatic heterocycles. The Labute approximate surface area is 80.8 Å². The smallest absolute Gasteiger partial charge is 0.353 e. The fourth-order valence-electron chi connectivity index (χ4n) is 1.12. The maximum atomic E-state index is 11.7. The second-order valence-electron chi connectivity index (χ2n) is 3.47. The van der Waals surface area contributed by atoms with Gasteiger partial charge in [-0.2, -0.15) is 13.2 Å². The molecule has 0 aliphatic rings. The predicted molar refractivity (Wildman–Crippen MR) is 46.5 cm³/mol. The molecule has 0 aromatic carbocycles. The zero-order valence-electron chi connectivity index (χ0n) is 8.19. The summed E-state index contributed by atoms with van der Waals surface area (Å²) in [5.41, 5.74) is 5.42. The van der Waals surface area contributed by atoms with Crippen LogP contribution < -0.4 is 11.1 Å². The normalized spacial score (nSPS) is 16.1. The lowest BCUT2D eigenvalue weighted by Gasteiger charge is -2.16. The van der Waals surface area contributed by atoms with Gasteiger partial charge in [0.2, 0.25) is 5.91 Å². The Kier molecular flexibility index (Phi) is 4.90. The number of carbonyl (C=O) groups is 1. The standard InChI is InChI=1S/C8H15F3N2O/c1-5(12)3-6(2)13-7(14)4-8(9,10)11/h5-6H,3-4,12H2,1-2H3,(H,13,14). The van der Waals surface area contributed by atoms with E-state index in [1.54, 1.807) is 13.8 Å². The van der Waals surface area contributed by atoms with E-state index in [0.29, 0.717) is 6.42 Å². The molecule has 0 bridgehead atoms. The van der Waals surface area contributed by atoms with E-state index in [2.05, 4.69) is 5.32 Å². The molecule has 0 rings (SSSR count). The molecule has 0 saturated carbocycles. The van der Waals surface area contributed by atoms with Crippen LogP contribution in [-0.4, -0.2) is 24.2 Å². The van der Waals surface area contributed by atoms with Crippen LogP contribution in [-0.2, 0) is 4.79 Å². The van der Waals surface area contributed by atoms with Crippen molar-refractivity contribution in [3.05, 3.63) is 0 Å². The fraction of sp³-hybridized carbons (Fsp3) is 0.875. The molecule has 3 N–H and O–H groups in total. The summed E-state index contributed by atoms with van der Waals surface area (Å²) in [6.45, 7) is 3.35. The van der Waals surface area contributed by atoms with Gasteiger partial charge in [0.05, 0.1) is 0 Å². The van der Waals surface area contributed by atoms with E-state index in [-0.39, 0.29) is 12.1 Å². The van der Waals surface area contributed by atoms with Gasteiger partial charge in [0.1, 0.15) is 6.42 Å². The van der Waals surface area contributed by atoms with Gasteiger partial charge in [0.15, 0.2) is 0 Å². The van der Waals surface area contributed by atoms with E-state index in [4.69, 9.17) is 5.73 Å². The first-order valence-corrected chi connectivity index (χ1v) is 4.32. The molecule has 0 saturated heterocycles. The Bertz CT molecular complexity index is 192. The van der Waals surface area contributed by atoms with Gasteiger partial charge in [-0.15, -0.1) is 0 Å². The molecule has 0 fully saturated rings. The van der Waals surface area contributed by atoms with Gasteiger partial charge in [-0.1, -0.05) is 0 Å². The first-order valence-electron chi connectivity index (χ1n) is 4.32. The lowest BCUT2D eigenvalue weighted by molar-refractivity contribution is -0.154. The third kappa shape index (κ3) is 7.85. The number of hydrogen-bond acceptors (Lipinski definition) is 2. The van der Waals surface area contributed by atoms with Crippen molar-refractivity contribution in [1.82, 2.24) is 5.32 Å². The van der Waals surface area contributed by atoms with Crippen molar-refractivity contribution in [2.75, 3.05) is 0 Å². The molecule has 0 radical (unpaired) electrons. The lowest BCUT2D eigenvalue weighted by atomic mass is 10.1. The summed E-state index contributed by atoms with van der Waals surface area (Å²) >= 11 is 0. The van der Waals surface area contributed by atoms with Crippen LogP contribution in [0.5, 0.6) is 0 Å². The summed E-state index contributed by atoms with van der Waals surface area (Å²) in [5, 5.41) is 2.23. The highest BCUT2D eigenvalue weighted by Crippen LogP contribution is 2.19. The van der Waals surface area contributed by atoms with Gasteiger partial charge in [0.25, 0.3) is 0 Å². The molecule has 0 heterocycles. The minimum absolute atomic E-state index is 0.142. The van der Waals surface area contributed by atoms with Crippen LogP contribution >= 0.6 is 0 Å². The SMILES string of the molecule is CC(N)CC(C)NC(=O)CC(F)(F)F. The summed E-state index contributed by atoms with van der Waals surface area (Å²) in [7, 11) is 0. The van der Waals surface area contributed by atoms with E-state index in [1.165, 1.54) is 0 Å².